The molecule has 2 heterocycles. The fraction of sp³-hybridized carbons (Fsp3) is 0.600. The van der Waals surface area contributed by atoms with Gasteiger partial charge in [-0.05, 0) is 13.8 Å². The minimum atomic E-state index is -1.12. The average molecular weight is 260 g/mol. The van der Waals surface area contributed by atoms with E-state index in [1.54, 1.807) is 13.8 Å². The fourth-order valence-electron chi connectivity index (χ4n) is 1.84. The number of nitrogens with zero attached hydrogens (tertiary/aromatic N) is 1. The molecule has 0 saturated carbocycles. The van der Waals surface area contributed by atoms with Crippen molar-refractivity contribution in [2.45, 2.75) is 43.8 Å². The molecule has 7 heteroatoms. The number of nitrogens with one attached hydrogen (secondary N) is 1. The van der Waals surface area contributed by atoms with Gasteiger partial charge in [-0.1, -0.05) is 0 Å². The molecule has 0 amide bonds. The van der Waals surface area contributed by atoms with Crippen molar-refractivity contribution in [1.82, 2.24) is 9.55 Å². The molecular formula is C10H13FN2O3S. The summed E-state index contributed by atoms with van der Waals surface area (Å²) in [5.41, 5.74) is -0.803. The number of rotatable bonds is 1. The molecule has 1 saturated heterocycles. The van der Waals surface area contributed by atoms with E-state index in [9.17, 15) is 14.0 Å². The van der Waals surface area contributed by atoms with Crippen LogP contribution < -0.4 is 11.2 Å². The van der Waals surface area contributed by atoms with Crippen molar-refractivity contribution in [3.8, 4) is 0 Å². The van der Waals surface area contributed by atoms with E-state index in [4.69, 9.17) is 4.74 Å². The topological polar surface area (TPSA) is 64.1 Å². The third-order valence-electron chi connectivity index (χ3n) is 2.94. The summed E-state index contributed by atoms with van der Waals surface area (Å²) in [6, 6.07) is 0. The van der Waals surface area contributed by atoms with Gasteiger partial charge in [-0.15, -0.1) is 12.6 Å². The van der Waals surface area contributed by atoms with E-state index in [1.165, 1.54) is 4.57 Å². The highest BCUT2D eigenvalue weighted by Crippen LogP contribution is 2.31. The van der Waals surface area contributed by atoms with Crippen LogP contribution in [-0.4, -0.2) is 21.8 Å². The van der Waals surface area contributed by atoms with Crippen molar-refractivity contribution >= 4 is 12.6 Å². The second-order valence-electron chi connectivity index (χ2n) is 4.13. The predicted octanol–water partition coefficient (Wildman–Crippen LogP) is 0.779. The Hall–Kier alpha value is -1.08. The second-order valence-corrected chi connectivity index (χ2v) is 4.55. The zero-order valence-electron chi connectivity index (χ0n) is 9.44. The molecule has 2 rings (SSSR count). The van der Waals surface area contributed by atoms with Gasteiger partial charge in [0.05, 0.1) is 11.1 Å². The molecule has 1 aliphatic heterocycles. The number of aromatic amines is 1. The summed E-state index contributed by atoms with van der Waals surface area (Å²) >= 11 is 4.13. The molecule has 0 aromatic carbocycles. The van der Waals surface area contributed by atoms with Crippen LogP contribution in [0.3, 0.4) is 0 Å². The summed E-state index contributed by atoms with van der Waals surface area (Å²) in [7, 11) is 0. The Bertz CT molecular complexity index is 543. The second kappa shape index (κ2) is 4.30. The Morgan fingerprint density at radius 3 is 2.71 bits per heavy atom. The molecule has 3 unspecified atom stereocenters. The molecule has 1 aromatic rings. The largest absolute Gasteiger partial charge is 0.352 e. The van der Waals surface area contributed by atoms with Gasteiger partial charge in [0.25, 0.3) is 5.56 Å². The van der Waals surface area contributed by atoms with E-state index >= 15 is 0 Å². The number of ether oxygens (including phenoxy) is 1. The maximum Gasteiger partial charge on any atom is 0.331 e. The van der Waals surface area contributed by atoms with Crippen LogP contribution in [-0.2, 0) is 4.74 Å². The quantitative estimate of drug-likeness (QED) is 0.579. The van der Waals surface area contributed by atoms with Crippen molar-refractivity contribution in [3.05, 3.63) is 26.4 Å². The first-order valence-electron chi connectivity index (χ1n) is 5.25. The van der Waals surface area contributed by atoms with Gasteiger partial charge in [0.1, 0.15) is 12.4 Å². The third kappa shape index (κ3) is 2.04. The molecule has 5 nitrogen and oxygen atoms in total. The van der Waals surface area contributed by atoms with Gasteiger partial charge < -0.3 is 4.74 Å². The monoisotopic (exact) mass is 260 g/mol. The average Bonchev–Trinajstić information content (AvgIpc) is 2.56. The summed E-state index contributed by atoms with van der Waals surface area (Å²) in [6.07, 6.45) is -2.31. The predicted molar refractivity (Wildman–Crippen MR) is 62.4 cm³/mol. The Morgan fingerprint density at radius 2 is 2.18 bits per heavy atom. The Balaban J connectivity index is 2.51. The number of hydrogen-bond donors (Lipinski definition) is 2. The number of halogens is 1. The van der Waals surface area contributed by atoms with Crippen LogP contribution in [0.5, 0.6) is 0 Å². The number of H-pyrrole nitrogens is 1. The first-order chi connectivity index (χ1) is 7.91. The molecule has 1 N–H and O–H groups in total. The lowest BCUT2D eigenvalue weighted by Crippen LogP contribution is -2.35. The van der Waals surface area contributed by atoms with Gasteiger partial charge in [0, 0.05) is 12.0 Å². The lowest BCUT2D eigenvalue weighted by atomic mass is 10.2. The molecule has 94 valence electrons. The molecule has 17 heavy (non-hydrogen) atoms. The van der Waals surface area contributed by atoms with Crippen LogP contribution in [0.15, 0.2) is 14.6 Å². The van der Waals surface area contributed by atoms with E-state index in [0.29, 0.717) is 5.56 Å². The summed E-state index contributed by atoms with van der Waals surface area (Å²) in [5.74, 6) is 0. The highest BCUT2D eigenvalue weighted by Gasteiger charge is 2.34. The molecule has 0 radical (unpaired) electrons. The summed E-state index contributed by atoms with van der Waals surface area (Å²) in [6.45, 7) is 3.15. The van der Waals surface area contributed by atoms with Gasteiger partial charge >= 0.3 is 5.69 Å². The van der Waals surface area contributed by atoms with E-state index in [1.807, 2.05) is 0 Å². The standard InChI is InChI=1S/C10H13FN2O3S/c1-4-8(14)12-10(15)13(9(4)17)7-3-6(11)5(2)16-7/h5-7,17H,3H2,1-2H3,(H,12,14,15). The van der Waals surface area contributed by atoms with Crippen LogP contribution in [0.25, 0.3) is 0 Å². The van der Waals surface area contributed by atoms with Crippen LogP contribution >= 0.6 is 12.6 Å². The number of thiol groups is 1. The van der Waals surface area contributed by atoms with Crippen molar-refractivity contribution in [2.75, 3.05) is 0 Å². The Labute approximate surface area is 102 Å². The SMILES string of the molecule is Cc1c(S)n(C2CC(F)C(C)O2)c(=O)[nH]c1=O. The maximum atomic E-state index is 13.4. The minimum Gasteiger partial charge on any atom is -0.352 e. The summed E-state index contributed by atoms with van der Waals surface area (Å²) in [5, 5.41) is 0.213. The van der Waals surface area contributed by atoms with Gasteiger partial charge in [0.2, 0.25) is 0 Å². The van der Waals surface area contributed by atoms with Crippen molar-refractivity contribution < 1.29 is 9.13 Å². The zero-order chi connectivity index (χ0) is 12.7. The number of aromatic nitrogens is 2. The number of alkyl halides is 1. The van der Waals surface area contributed by atoms with Gasteiger partial charge in [-0.3, -0.25) is 14.3 Å². The third-order valence-corrected chi connectivity index (χ3v) is 3.49. The van der Waals surface area contributed by atoms with Crippen LogP contribution in [0.4, 0.5) is 4.39 Å². The van der Waals surface area contributed by atoms with Crippen molar-refractivity contribution in [1.29, 1.82) is 0 Å². The fourth-order valence-corrected chi connectivity index (χ4v) is 2.16. The minimum absolute atomic E-state index is 0.0834. The Kier molecular flexibility index (Phi) is 3.13. The lowest BCUT2D eigenvalue weighted by Gasteiger charge is -2.16. The molecule has 1 aromatic heterocycles. The lowest BCUT2D eigenvalue weighted by molar-refractivity contribution is -0.00541. The van der Waals surface area contributed by atoms with E-state index < -0.39 is 29.8 Å². The highest BCUT2D eigenvalue weighted by atomic mass is 32.1. The first kappa shape index (κ1) is 12.4. The molecule has 0 aliphatic carbocycles. The number of hydrogen-bond acceptors (Lipinski definition) is 4. The van der Waals surface area contributed by atoms with E-state index in [0.717, 1.165) is 0 Å². The van der Waals surface area contributed by atoms with Crippen LogP contribution in [0.2, 0.25) is 0 Å². The molecule has 0 bridgehead atoms. The van der Waals surface area contributed by atoms with Gasteiger partial charge in [-0.2, -0.15) is 0 Å². The maximum absolute atomic E-state index is 13.4. The van der Waals surface area contributed by atoms with Crippen molar-refractivity contribution in [2.24, 2.45) is 0 Å². The molecule has 1 fully saturated rings. The van der Waals surface area contributed by atoms with Crippen molar-refractivity contribution in [3.63, 3.8) is 0 Å². The molecule has 0 spiro atoms. The van der Waals surface area contributed by atoms with Crippen LogP contribution in [0.1, 0.15) is 25.1 Å². The highest BCUT2D eigenvalue weighted by molar-refractivity contribution is 7.80. The molecule has 1 aliphatic rings. The summed E-state index contributed by atoms with van der Waals surface area (Å²) in [4.78, 5) is 25.1. The first-order valence-corrected chi connectivity index (χ1v) is 5.70. The van der Waals surface area contributed by atoms with Gasteiger partial charge in [-0.25, -0.2) is 9.18 Å². The summed E-state index contributed by atoms with van der Waals surface area (Å²) < 4.78 is 19.9. The van der Waals surface area contributed by atoms with E-state index in [2.05, 4.69) is 17.6 Å². The Morgan fingerprint density at radius 1 is 1.53 bits per heavy atom. The molecule has 3 atom stereocenters. The van der Waals surface area contributed by atoms with Crippen LogP contribution in [0, 0.1) is 6.92 Å². The smallest absolute Gasteiger partial charge is 0.331 e. The molecular weight excluding hydrogens is 247 g/mol. The van der Waals surface area contributed by atoms with Gasteiger partial charge in [0.15, 0.2) is 0 Å². The van der Waals surface area contributed by atoms with E-state index in [-0.39, 0.29) is 11.4 Å². The normalized spacial score (nSPS) is 28.6. The zero-order valence-corrected chi connectivity index (χ0v) is 10.3.